The van der Waals surface area contributed by atoms with Crippen molar-refractivity contribution in [2.75, 3.05) is 16.8 Å². The Bertz CT molecular complexity index is 1240. The Labute approximate surface area is 162 Å². The molecule has 4 aromatic rings. The molecule has 0 saturated heterocycles. The van der Waals surface area contributed by atoms with Crippen LogP contribution in [0.2, 0.25) is 0 Å². The molecule has 1 heterocycles. The minimum atomic E-state index is 0.184. The van der Waals surface area contributed by atoms with Gasteiger partial charge in [0.15, 0.2) is 0 Å². The number of nitrogens with zero attached hydrogens (tertiary/aromatic N) is 2. The zero-order valence-electron chi connectivity index (χ0n) is 15.2. The van der Waals surface area contributed by atoms with E-state index in [0.717, 1.165) is 28.7 Å². The Morgan fingerprint density at radius 3 is 2.61 bits per heavy atom. The number of anilines is 4. The Hall–Kier alpha value is -3.86. The largest absolute Gasteiger partial charge is 0.383 e. The minimum absolute atomic E-state index is 0.184. The van der Waals surface area contributed by atoms with Crippen molar-refractivity contribution in [1.29, 1.82) is 0 Å². The highest BCUT2D eigenvalue weighted by Gasteiger charge is 2.12. The first-order chi connectivity index (χ1) is 13.7. The third kappa shape index (κ3) is 2.83. The van der Waals surface area contributed by atoms with Crippen molar-refractivity contribution in [3.63, 3.8) is 0 Å². The molecule has 28 heavy (non-hydrogen) atoms. The van der Waals surface area contributed by atoms with Crippen molar-refractivity contribution in [3.05, 3.63) is 82.9 Å². The maximum Gasteiger partial charge on any atom is 0.222 e. The molecule has 0 amide bonds. The molecule has 5 N–H and O–H groups in total. The molecule has 136 valence electrons. The lowest BCUT2D eigenvalue weighted by Crippen LogP contribution is -2.01. The van der Waals surface area contributed by atoms with Crippen LogP contribution in [0.3, 0.4) is 0 Å². The van der Waals surface area contributed by atoms with E-state index < -0.39 is 0 Å². The molecule has 0 unspecified atom stereocenters. The first-order valence-corrected chi connectivity index (χ1v) is 9.15. The number of nitrogens with one attached hydrogen (secondary N) is 1. The van der Waals surface area contributed by atoms with Crippen molar-refractivity contribution in [1.82, 2.24) is 9.97 Å². The van der Waals surface area contributed by atoms with E-state index in [-0.39, 0.29) is 5.95 Å². The van der Waals surface area contributed by atoms with Crippen LogP contribution in [0.15, 0.2) is 60.7 Å². The molecule has 5 nitrogen and oxygen atoms in total. The van der Waals surface area contributed by atoms with Gasteiger partial charge in [-0.1, -0.05) is 48.6 Å². The smallest absolute Gasteiger partial charge is 0.222 e. The maximum atomic E-state index is 6.03. The van der Waals surface area contributed by atoms with Crippen LogP contribution >= 0.6 is 0 Å². The fraction of sp³-hybridized carbons (Fsp3) is 0.0435. The Kier molecular flexibility index (Phi) is 3.72. The molecule has 5 rings (SSSR count). The van der Waals surface area contributed by atoms with Gasteiger partial charge in [-0.3, -0.25) is 0 Å². The number of rotatable bonds is 2. The first kappa shape index (κ1) is 16.3. The summed E-state index contributed by atoms with van der Waals surface area (Å²) < 4.78 is 0. The van der Waals surface area contributed by atoms with Gasteiger partial charge in [0.25, 0.3) is 0 Å². The SMILES string of the molecule is Nc1nc(N)c2cc(Nc3cccc4c3C=Cc3ccccc3C4)ccc2n1. The van der Waals surface area contributed by atoms with Crippen LogP contribution in [0.1, 0.15) is 22.3 Å². The van der Waals surface area contributed by atoms with Gasteiger partial charge < -0.3 is 16.8 Å². The summed E-state index contributed by atoms with van der Waals surface area (Å²) >= 11 is 0. The zero-order chi connectivity index (χ0) is 19.1. The van der Waals surface area contributed by atoms with Crippen LogP contribution in [-0.4, -0.2) is 9.97 Å². The average Bonchev–Trinajstić information content (AvgIpc) is 2.88. The average molecular weight is 365 g/mol. The number of nitrogen functional groups attached to an aromatic ring is 2. The van der Waals surface area contributed by atoms with E-state index in [4.69, 9.17) is 11.5 Å². The Balaban J connectivity index is 1.55. The summed E-state index contributed by atoms with van der Waals surface area (Å²) in [6.45, 7) is 0. The number of fused-ring (bicyclic) bond motifs is 3. The summed E-state index contributed by atoms with van der Waals surface area (Å²) in [7, 11) is 0. The van der Waals surface area contributed by atoms with Crippen LogP contribution in [0, 0.1) is 0 Å². The lowest BCUT2D eigenvalue weighted by molar-refractivity contribution is 1.18. The minimum Gasteiger partial charge on any atom is -0.383 e. The van der Waals surface area contributed by atoms with Crippen molar-refractivity contribution < 1.29 is 0 Å². The molecule has 5 heteroatoms. The van der Waals surface area contributed by atoms with Gasteiger partial charge in [0.2, 0.25) is 5.95 Å². The summed E-state index contributed by atoms with van der Waals surface area (Å²) in [6.07, 6.45) is 5.27. The summed E-state index contributed by atoms with van der Waals surface area (Å²) in [4.78, 5) is 8.30. The molecule has 0 saturated carbocycles. The predicted octanol–water partition coefficient (Wildman–Crippen LogP) is 4.61. The molecule has 1 aliphatic carbocycles. The first-order valence-electron chi connectivity index (χ1n) is 9.15. The van der Waals surface area contributed by atoms with Gasteiger partial charge in [0.05, 0.1) is 5.52 Å². The van der Waals surface area contributed by atoms with Gasteiger partial charge in [-0.25, -0.2) is 4.98 Å². The molecule has 0 bridgehead atoms. The summed E-state index contributed by atoms with van der Waals surface area (Å²) in [5.41, 5.74) is 19.5. The van der Waals surface area contributed by atoms with Crippen molar-refractivity contribution in [2.24, 2.45) is 0 Å². The topological polar surface area (TPSA) is 89.8 Å². The van der Waals surface area contributed by atoms with Gasteiger partial charge in [0.1, 0.15) is 5.82 Å². The molecule has 0 atom stereocenters. The van der Waals surface area contributed by atoms with E-state index in [1.165, 1.54) is 22.3 Å². The Morgan fingerprint density at radius 2 is 1.68 bits per heavy atom. The van der Waals surface area contributed by atoms with E-state index in [1.54, 1.807) is 0 Å². The molecule has 0 spiro atoms. The Morgan fingerprint density at radius 1 is 0.821 bits per heavy atom. The monoisotopic (exact) mass is 365 g/mol. The van der Waals surface area contributed by atoms with Gasteiger partial charge in [-0.05, 0) is 47.4 Å². The highest BCUT2D eigenvalue weighted by Crippen LogP contribution is 2.32. The van der Waals surface area contributed by atoms with Gasteiger partial charge >= 0.3 is 0 Å². The third-order valence-corrected chi connectivity index (χ3v) is 5.08. The van der Waals surface area contributed by atoms with Gasteiger partial charge in [-0.2, -0.15) is 4.98 Å². The van der Waals surface area contributed by atoms with Crippen molar-refractivity contribution >= 4 is 46.2 Å². The molecule has 3 aromatic carbocycles. The van der Waals surface area contributed by atoms with Gasteiger partial charge in [-0.15, -0.1) is 0 Å². The second-order valence-electron chi connectivity index (χ2n) is 6.91. The lowest BCUT2D eigenvalue weighted by atomic mass is 9.99. The van der Waals surface area contributed by atoms with E-state index in [2.05, 4.69) is 69.9 Å². The van der Waals surface area contributed by atoms with Crippen LogP contribution in [-0.2, 0) is 6.42 Å². The number of aromatic nitrogens is 2. The summed E-state index contributed by atoms with van der Waals surface area (Å²) in [5, 5.41) is 4.31. The molecule has 0 radical (unpaired) electrons. The second-order valence-corrected chi connectivity index (χ2v) is 6.91. The molecule has 1 aromatic heterocycles. The molecule has 0 fully saturated rings. The predicted molar refractivity (Wildman–Crippen MR) is 116 cm³/mol. The third-order valence-electron chi connectivity index (χ3n) is 5.08. The van der Waals surface area contributed by atoms with Crippen LogP contribution in [0.25, 0.3) is 23.1 Å². The summed E-state index contributed by atoms with van der Waals surface area (Å²) in [6, 6.07) is 20.7. The van der Waals surface area contributed by atoms with Crippen LogP contribution < -0.4 is 16.8 Å². The summed E-state index contributed by atoms with van der Waals surface area (Å²) in [5.74, 6) is 0.567. The molecule has 1 aliphatic rings. The molecular weight excluding hydrogens is 346 g/mol. The maximum absolute atomic E-state index is 6.03. The van der Waals surface area contributed by atoms with E-state index in [0.29, 0.717) is 5.82 Å². The standard InChI is InChI=1S/C23H19N5/c24-22-19-13-17(9-11-21(19)27-23(25)28-22)26-20-7-3-6-16-12-15-5-2-1-4-14(15)8-10-18(16)20/h1-11,13,26H,12H2,(H4,24,25,27,28). The number of hydrogen-bond acceptors (Lipinski definition) is 5. The lowest BCUT2D eigenvalue weighted by Gasteiger charge is -2.14. The highest BCUT2D eigenvalue weighted by molar-refractivity contribution is 5.92. The fourth-order valence-corrected chi connectivity index (χ4v) is 3.71. The van der Waals surface area contributed by atoms with E-state index in [1.807, 2.05) is 18.2 Å². The van der Waals surface area contributed by atoms with E-state index in [9.17, 15) is 0 Å². The number of hydrogen-bond donors (Lipinski definition) is 3. The normalized spacial score (nSPS) is 12.3. The molecular formula is C23H19N5. The van der Waals surface area contributed by atoms with Gasteiger partial charge in [0, 0.05) is 22.3 Å². The van der Waals surface area contributed by atoms with Crippen LogP contribution in [0.5, 0.6) is 0 Å². The second kappa shape index (κ2) is 6.39. The number of nitrogens with two attached hydrogens (primary N) is 2. The van der Waals surface area contributed by atoms with Crippen LogP contribution in [0.4, 0.5) is 23.1 Å². The molecule has 0 aliphatic heterocycles. The zero-order valence-corrected chi connectivity index (χ0v) is 15.2. The highest BCUT2D eigenvalue weighted by atomic mass is 15.0. The fourth-order valence-electron chi connectivity index (χ4n) is 3.71. The van der Waals surface area contributed by atoms with Crippen molar-refractivity contribution in [2.45, 2.75) is 6.42 Å². The quantitative estimate of drug-likeness (QED) is 0.425. The number of benzene rings is 3. The van der Waals surface area contributed by atoms with Crippen molar-refractivity contribution in [3.8, 4) is 0 Å². The van der Waals surface area contributed by atoms with E-state index >= 15 is 0 Å².